The third-order valence-electron chi connectivity index (χ3n) is 5.20. The van der Waals surface area contributed by atoms with Crippen LogP contribution in [0.4, 0.5) is 13.2 Å². The van der Waals surface area contributed by atoms with Gasteiger partial charge in [-0.3, -0.25) is 0 Å². The molecule has 148 valence electrons. The second-order valence-electron chi connectivity index (χ2n) is 7.08. The van der Waals surface area contributed by atoms with E-state index < -0.39 is 21.8 Å². The SMILES string of the molecule is CNC[C@H]1CC[C@H](CCN(C)S(=O)(=O)c2ccc(C(F)(F)F)cc2)CC1. The first kappa shape index (κ1) is 21.2. The minimum Gasteiger partial charge on any atom is -0.319 e. The lowest BCUT2D eigenvalue weighted by molar-refractivity contribution is -0.137. The van der Waals surface area contributed by atoms with E-state index in [4.69, 9.17) is 0 Å². The first-order valence-corrected chi connectivity index (χ1v) is 10.4. The van der Waals surface area contributed by atoms with Gasteiger partial charge in [-0.05, 0) is 69.0 Å². The summed E-state index contributed by atoms with van der Waals surface area (Å²) in [7, 11) is -0.328. The third kappa shape index (κ3) is 5.44. The summed E-state index contributed by atoms with van der Waals surface area (Å²) in [5.74, 6) is 1.21. The van der Waals surface area contributed by atoms with Crippen LogP contribution < -0.4 is 5.32 Å². The predicted molar refractivity (Wildman–Crippen MR) is 95.3 cm³/mol. The number of nitrogens with zero attached hydrogens (tertiary/aromatic N) is 1. The highest BCUT2D eigenvalue weighted by Crippen LogP contribution is 2.32. The zero-order valence-corrected chi connectivity index (χ0v) is 16.0. The summed E-state index contributed by atoms with van der Waals surface area (Å²) in [5.41, 5.74) is -0.850. The molecule has 0 radical (unpaired) electrons. The first-order chi connectivity index (χ1) is 12.1. The molecule has 0 heterocycles. The molecule has 1 aliphatic rings. The van der Waals surface area contributed by atoms with Crippen molar-refractivity contribution in [2.45, 2.75) is 43.2 Å². The maximum absolute atomic E-state index is 12.6. The fraction of sp³-hybridized carbons (Fsp3) is 0.667. The van der Waals surface area contributed by atoms with E-state index in [1.807, 2.05) is 7.05 Å². The maximum atomic E-state index is 12.6. The number of nitrogens with one attached hydrogen (secondary N) is 1. The van der Waals surface area contributed by atoms with Gasteiger partial charge in [-0.25, -0.2) is 12.7 Å². The molecule has 0 amide bonds. The van der Waals surface area contributed by atoms with Crippen LogP contribution in [-0.4, -0.2) is 39.9 Å². The molecule has 0 saturated heterocycles. The number of rotatable bonds is 7. The van der Waals surface area contributed by atoms with Gasteiger partial charge in [0.2, 0.25) is 10.0 Å². The van der Waals surface area contributed by atoms with Crippen molar-refractivity contribution in [2.75, 3.05) is 27.2 Å². The Morgan fingerprint density at radius 3 is 2.12 bits per heavy atom. The molecule has 2 rings (SSSR count). The molecule has 0 aromatic heterocycles. The van der Waals surface area contributed by atoms with Crippen LogP contribution >= 0.6 is 0 Å². The Labute approximate surface area is 153 Å². The van der Waals surface area contributed by atoms with Gasteiger partial charge in [0.15, 0.2) is 0 Å². The van der Waals surface area contributed by atoms with Gasteiger partial charge in [0, 0.05) is 13.6 Å². The van der Waals surface area contributed by atoms with E-state index in [1.165, 1.54) is 11.4 Å². The molecule has 0 atom stereocenters. The van der Waals surface area contributed by atoms with Gasteiger partial charge in [-0.15, -0.1) is 0 Å². The summed E-state index contributed by atoms with van der Waals surface area (Å²) in [5, 5.41) is 3.20. The highest BCUT2D eigenvalue weighted by Gasteiger charge is 2.31. The predicted octanol–water partition coefficient (Wildman–Crippen LogP) is 3.74. The van der Waals surface area contributed by atoms with Crippen LogP contribution in [0.1, 0.15) is 37.7 Å². The maximum Gasteiger partial charge on any atom is 0.416 e. The highest BCUT2D eigenvalue weighted by molar-refractivity contribution is 7.89. The van der Waals surface area contributed by atoms with E-state index >= 15 is 0 Å². The Bertz CT molecular complexity index is 667. The van der Waals surface area contributed by atoms with Crippen molar-refractivity contribution in [1.82, 2.24) is 9.62 Å². The normalized spacial score (nSPS) is 21.9. The molecule has 0 spiro atoms. The molecule has 1 aromatic carbocycles. The van der Waals surface area contributed by atoms with Crippen LogP contribution in [0.3, 0.4) is 0 Å². The van der Waals surface area contributed by atoms with E-state index in [0.29, 0.717) is 18.4 Å². The molecular formula is C18H27F3N2O2S. The van der Waals surface area contributed by atoms with Crippen molar-refractivity contribution < 1.29 is 21.6 Å². The average Bonchev–Trinajstić information content (AvgIpc) is 2.60. The molecule has 0 unspecified atom stereocenters. The summed E-state index contributed by atoms with van der Waals surface area (Å²) < 4.78 is 64.2. The molecule has 1 N–H and O–H groups in total. The van der Waals surface area contributed by atoms with E-state index in [9.17, 15) is 21.6 Å². The summed E-state index contributed by atoms with van der Waals surface area (Å²) in [6.07, 6.45) is 0.811. The van der Waals surface area contributed by atoms with Crippen molar-refractivity contribution in [3.63, 3.8) is 0 Å². The number of halogens is 3. The van der Waals surface area contributed by atoms with Crippen LogP contribution in [-0.2, 0) is 16.2 Å². The molecule has 4 nitrogen and oxygen atoms in total. The van der Waals surface area contributed by atoms with Gasteiger partial charge in [-0.2, -0.15) is 13.2 Å². The molecule has 0 aliphatic heterocycles. The fourth-order valence-electron chi connectivity index (χ4n) is 3.49. The highest BCUT2D eigenvalue weighted by atomic mass is 32.2. The smallest absolute Gasteiger partial charge is 0.319 e. The summed E-state index contributed by atoms with van der Waals surface area (Å²) in [6, 6.07) is 3.67. The van der Waals surface area contributed by atoms with E-state index in [-0.39, 0.29) is 4.90 Å². The van der Waals surface area contributed by atoms with Gasteiger partial charge in [0.25, 0.3) is 0 Å². The van der Waals surface area contributed by atoms with E-state index in [0.717, 1.165) is 62.9 Å². The topological polar surface area (TPSA) is 49.4 Å². The van der Waals surface area contributed by atoms with Crippen LogP contribution in [0.15, 0.2) is 29.2 Å². The summed E-state index contributed by atoms with van der Waals surface area (Å²) in [4.78, 5) is -0.106. The second kappa shape index (κ2) is 8.71. The lowest BCUT2D eigenvalue weighted by Crippen LogP contribution is -2.30. The van der Waals surface area contributed by atoms with Crippen molar-refractivity contribution in [2.24, 2.45) is 11.8 Å². The Kier molecular flexibility index (Phi) is 7.10. The zero-order valence-electron chi connectivity index (χ0n) is 15.2. The monoisotopic (exact) mass is 392 g/mol. The van der Waals surface area contributed by atoms with Crippen molar-refractivity contribution >= 4 is 10.0 Å². The van der Waals surface area contributed by atoms with Crippen molar-refractivity contribution in [3.8, 4) is 0 Å². The Balaban J connectivity index is 1.91. The number of alkyl halides is 3. The van der Waals surface area contributed by atoms with Gasteiger partial charge in [-0.1, -0.05) is 12.8 Å². The number of hydrogen-bond donors (Lipinski definition) is 1. The molecular weight excluding hydrogens is 365 g/mol. The van der Waals surface area contributed by atoms with Gasteiger partial charge in [0.1, 0.15) is 0 Å². The first-order valence-electron chi connectivity index (χ1n) is 8.92. The molecule has 26 heavy (non-hydrogen) atoms. The Morgan fingerprint density at radius 1 is 1.08 bits per heavy atom. The lowest BCUT2D eigenvalue weighted by atomic mass is 9.80. The number of sulfonamides is 1. The van der Waals surface area contributed by atoms with Gasteiger partial charge < -0.3 is 5.32 Å². The standard InChI is InChI=1S/C18H27F3N2O2S/c1-22-13-15-5-3-14(4-6-15)11-12-23(2)26(24,25)17-9-7-16(8-10-17)18(19,20)21/h7-10,14-15,22H,3-6,11-13H2,1-2H3/t14-,15-. The zero-order chi connectivity index (χ0) is 19.4. The lowest BCUT2D eigenvalue weighted by Gasteiger charge is -2.29. The van der Waals surface area contributed by atoms with Gasteiger partial charge in [0.05, 0.1) is 10.5 Å². The summed E-state index contributed by atoms with van der Waals surface area (Å²) >= 11 is 0. The number of hydrogen-bond acceptors (Lipinski definition) is 3. The Hall–Kier alpha value is -1.12. The van der Waals surface area contributed by atoms with E-state index in [2.05, 4.69) is 5.32 Å². The number of benzene rings is 1. The molecule has 1 saturated carbocycles. The van der Waals surface area contributed by atoms with Crippen molar-refractivity contribution in [3.05, 3.63) is 29.8 Å². The van der Waals surface area contributed by atoms with E-state index in [1.54, 1.807) is 0 Å². The largest absolute Gasteiger partial charge is 0.416 e. The third-order valence-corrected chi connectivity index (χ3v) is 7.07. The molecule has 8 heteroatoms. The van der Waals surface area contributed by atoms with Crippen LogP contribution in [0.2, 0.25) is 0 Å². The second-order valence-corrected chi connectivity index (χ2v) is 9.13. The Morgan fingerprint density at radius 2 is 1.62 bits per heavy atom. The van der Waals surface area contributed by atoms with Crippen LogP contribution in [0.5, 0.6) is 0 Å². The molecule has 1 fully saturated rings. The van der Waals surface area contributed by atoms with Gasteiger partial charge >= 0.3 is 6.18 Å². The molecule has 0 bridgehead atoms. The summed E-state index contributed by atoms with van der Waals surface area (Å²) in [6.45, 7) is 1.40. The molecule has 1 aromatic rings. The van der Waals surface area contributed by atoms with Crippen molar-refractivity contribution in [1.29, 1.82) is 0 Å². The van der Waals surface area contributed by atoms with Crippen LogP contribution in [0, 0.1) is 11.8 Å². The minimum absolute atomic E-state index is 0.106. The molecule has 1 aliphatic carbocycles. The fourth-order valence-corrected chi connectivity index (χ4v) is 4.68. The minimum atomic E-state index is -4.47. The average molecular weight is 392 g/mol. The quantitative estimate of drug-likeness (QED) is 0.769. The van der Waals surface area contributed by atoms with Crippen LogP contribution in [0.25, 0.3) is 0 Å².